The van der Waals surface area contributed by atoms with Gasteiger partial charge in [0.15, 0.2) is 0 Å². The maximum atomic E-state index is 5.75. The lowest BCUT2D eigenvalue weighted by atomic mass is 9.79. The molecule has 3 atom stereocenters. The average Bonchev–Trinajstić information content (AvgIpc) is 2.25. The van der Waals surface area contributed by atoms with Crippen molar-refractivity contribution >= 4 is 8.56 Å². The summed E-state index contributed by atoms with van der Waals surface area (Å²) in [4.78, 5) is 0. The molecule has 3 fully saturated rings. The number of hydrogen-bond donors (Lipinski definition) is 0. The molecule has 3 rings (SSSR count). The normalized spacial score (nSPS) is 35.0. The van der Waals surface area contributed by atoms with Crippen molar-refractivity contribution in [3.8, 4) is 0 Å². The summed E-state index contributed by atoms with van der Waals surface area (Å²) in [7, 11) is 1.69. The molecule has 3 nitrogen and oxygen atoms in total. The molecular formula is C11H22O3Si. The summed E-state index contributed by atoms with van der Waals surface area (Å²) in [6.45, 7) is 2.14. The van der Waals surface area contributed by atoms with Crippen molar-refractivity contribution in [1.82, 2.24) is 0 Å². The molecule has 2 aliphatic heterocycles. The second kappa shape index (κ2) is 4.53. The maximum absolute atomic E-state index is 5.75. The van der Waals surface area contributed by atoms with E-state index < -0.39 is 8.56 Å². The van der Waals surface area contributed by atoms with Gasteiger partial charge in [-0.2, -0.15) is 0 Å². The Hall–Kier alpha value is 0.0969. The minimum atomic E-state index is -1.85. The van der Waals surface area contributed by atoms with Gasteiger partial charge < -0.3 is 13.6 Å². The van der Waals surface area contributed by atoms with Crippen LogP contribution in [0.15, 0.2) is 0 Å². The van der Waals surface area contributed by atoms with Crippen LogP contribution >= 0.6 is 0 Å². The van der Waals surface area contributed by atoms with Crippen molar-refractivity contribution < 1.29 is 13.6 Å². The molecule has 3 aliphatic rings. The van der Waals surface area contributed by atoms with Crippen molar-refractivity contribution in [2.24, 2.45) is 5.92 Å². The van der Waals surface area contributed by atoms with Crippen LogP contribution in [0.4, 0.5) is 0 Å². The fourth-order valence-corrected chi connectivity index (χ4v) is 4.11. The van der Waals surface area contributed by atoms with Gasteiger partial charge in [-0.15, -0.1) is 0 Å². The molecular weight excluding hydrogens is 208 g/mol. The smallest absolute Gasteiger partial charge is 0.334 e. The number of hydrogen-bond acceptors (Lipinski definition) is 3. The third-order valence-corrected chi connectivity index (χ3v) is 7.00. The highest BCUT2D eigenvalue weighted by molar-refractivity contribution is 6.65. The number of ether oxygens (including phenoxy) is 1. The summed E-state index contributed by atoms with van der Waals surface area (Å²) in [6, 6.07) is 1.09. The lowest BCUT2D eigenvalue weighted by Gasteiger charge is -2.47. The van der Waals surface area contributed by atoms with Gasteiger partial charge in [0.2, 0.25) is 0 Å². The lowest BCUT2D eigenvalue weighted by molar-refractivity contribution is -0.185. The Morgan fingerprint density at radius 3 is 2.40 bits per heavy atom. The van der Waals surface area contributed by atoms with E-state index in [4.69, 9.17) is 13.6 Å². The maximum Gasteiger partial charge on any atom is 0.334 e. The predicted octanol–water partition coefficient (Wildman–Crippen LogP) is 2.31. The predicted molar refractivity (Wildman–Crippen MR) is 61.1 cm³/mol. The Labute approximate surface area is 93.3 Å². The molecule has 0 radical (unpaired) electrons. The zero-order valence-electron chi connectivity index (χ0n) is 9.99. The van der Waals surface area contributed by atoms with Crippen molar-refractivity contribution in [2.75, 3.05) is 14.2 Å². The molecule has 3 unspecified atom stereocenters. The van der Waals surface area contributed by atoms with E-state index in [0.717, 1.165) is 12.0 Å². The molecule has 0 spiro atoms. The fraction of sp³-hybridized carbons (Fsp3) is 1.00. The van der Waals surface area contributed by atoms with E-state index in [9.17, 15) is 0 Å². The zero-order valence-corrected chi connectivity index (χ0v) is 11.0. The third-order valence-electron chi connectivity index (χ3n) is 4.08. The molecule has 0 amide bonds. The molecule has 15 heavy (non-hydrogen) atoms. The van der Waals surface area contributed by atoms with Gasteiger partial charge in [-0.05, 0) is 37.8 Å². The van der Waals surface area contributed by atoms with Crippen LogP contribution < -0.4 is 0 Å². The van der Waals surface area contributed by atoms with Crippen LogP contribution in [0.1, 0.15) is 25.7 Å². The summed E-state index contributed by atoms with van der Waals surface area (Å²) >= 11 is 0. The monoisotopic (exact) mass is 230 g/mol. The molecule has 2 heterocycles. The van der Waals surface area contributed by atoms with Gasteiger partial charge in [0, 0.05) is 20.6 Å². The summed E-state index contributed by atoms with van der Waals surface area (Å²) in [5.74, 6) is 0.757. The van der Waals surface area contributed by atoms with E-state index >= 15 is 0 Å². The second-order valence-corrected chi connectivity index (χ2v) is 8.53. The highest BCUT2D eigenvalue weighted by Gasteiger charge is 2.42. The minimum absolute atomic E-state index is 0.552. The van der Waals surface area contributed by atoms with Crippen LogP contribution in [0.3, 0.4) is 0 Å². The van der Waals surface area contributed by atoms with Gasteiger partial charge in [-0.1, -0.05) is 0 Å². The summed E-state index contributed by atoms with van der Waals surface area (Å²) < 4.78 is 16.8. The number of rotatable bonds is 5. The Kier molecular flexibility index (Phi) is 3.50. The van der Waals surface area contributed by atoms with Crippen molar-refractivity contribution in [1.29, 1.82) is 0 Å². The summed E-state index contributed by atoms with van der Waals surface area (Å²) in [6.07, 6.45) is 6.26. The lowest BCUT2D eigenvalue weighted by Crippen LogP contribution is -2.48. The van der Waals surface area contributed by atoms with Crippen LogP contribution in [0.5, 0.6) is 0 Å². The summed E-state index contributed by atoms with van der Waals surface area (Å²) in [5, 5.41) is 0. The Morgan fingerprint density at radius 2 is 1.93 bits per heavy atom. The van der Waals surface area contributed by atoms with E-state index in [2.05, 4.69) is 6.55 Å². The molecule has 0 aromatic heterocycles. The first-order valence-electron chi connectivity index (χ1n) is 5.92. The first kappa shape index (κ1) is 11.6. The van der Waals surface area contributed by atoms with Crippen LogP contribution in [-0.4, -0.2) is 35.0 Å². The third kappa shape index (κ3) is 2.44. The SMILES string of the molecule is CO[Si](C)(CCC1CCC2CC1O2)OC. The fourth-order valence-electron chi connectivity index (χ4n) is 2.64. The molecule has 0 N–H and O–H groups in total. The molecule has 2 bridgehead atoms. The summed E-state index contributed by atoms with van der Waals surface area (Å²) in [5.41, 5.74) is 0. The molecule has 1 aliphatic carbocycles. The van der Waals surface area contributed by atoms with Gasteiger partial charge in [0.1, 0.15) is 0 Å². The highest BCUT2D eigenvalue weighted by Crippen LogP contribution is 2.41. The van der Waals surface area contributed by atoms with Gasteiger partial charge in [-0.3, -0.25) is 0 Å². The van der Waals surface area contributed by atoms with Crippen LogP contribution in [0.25, 0.3) is 0 Å². The standard InChI is InChI=1S/C11H22O3Si/c1-12-15(3,13-2)7-6-9-4-5-10-8-11(9)14-10/h9-11H,4-8H2,1-3H3. The van der Waals surface area contributed by atoms with Gasteiger partial charge in [0.05, 0.1) is 12.2 Å². The Balaban J connectivity index is 1.77. The average molecular weight is 230 g/mol. The minimum Gasteiger partial charge on any atom is -0.398 e. The largest absolute Gasteiger partial charge is 0.398 e. The van der Waals surface area contributed by atoms with E-state index in [1.807, 2.05) is 0 Å². The Bertz CT molecular complexity index is 209. The van der Waals surface area contributed by atoms with Crippen molar-refractivity contribution in [2.45, 2.75) is 50.5 Å². The first-order chi connectivity index (χ1) is 7.17. The van der Waals surface area contributed by atoms with Crippen molar-refractivity contribution in [3.05, 3.63) is 0 Å². The van der Waals surface area contributed by atoms with Gasteiger partial charge >= 0.3 is 8.56 Å². The van der Waals surface area contributed by atoms with E-state index in [0.29, 0.717) is 12.2 Å². The van der Waals surface area contributed by atoms with Crippen LogP contribution in [0, 0.1) is 5.92 Å². The quantitative estimate of drug-likeness (QED) is 0.678. The van der Waals surface area contributed by atoms with E-state index in [1.165, 1.54) is 25.7 Å². The number of fused-ring (bicyclic) bond motifs is 2. The molecule has 1 saturated carbocycles. The van der Waals surface area contributed by atoms with Crippen LogP contribution in [-0.2, 0) is 13.6 Å². The molecule has 0 aromatic carbocycles. The molecule has 4 heteroatoms. The molecule has 2 saturated heterocycles. The van der Waals surface area contributed by atoms with Crippen molar-refractivity contribution in [3.63, 3.8) is 0 Å². The second-order valence-electron chi connectivity index (χ2n) is 4.95. The molecule has 88 valence electrons. The first-order valence-corrected chi connectivity index (χ1v) is 8.45. The van der Waals surface area contributed by atoms with E-state index in [1.54, 1.807) is 14.2 Å². The van der Waals surface area contributed by atoms with Gasteiger partial charge in [-0.25, -0.2) is 0 Å². The van der Waals surface area contributed by atoms with Gasteiger partial charge in [0.25, 0.3) is 0 Å². The van der Waals surface area contributed by atoms with Crippen LogP contribution in [0.2, 0.25) is 12.6 Å². The topological polar surface area (TPSA) is 27.7 Å². The zero-order chi connectivity index (χ0) is 10.9. The van der Waals surface area contributed by atoms with E-state index in [-0.39, 0.29) is 0 Å². The molecule has 0 aromatic rings. The highest BCUT2D eigenvalue weighted by atomic mass is 28.4. The Morgan fingerprint density at radius 1 is 1.27 bits per heavy atom.